The molecule has 146 valence electrons. The number of benzene rings is 2. The maximum absolute atomic E-state index is 12.9. The van der Waals surface area contributed by atoms with Gasteiger partial charge >= 0.3 is 0 Å². The summed E-state index contributed by atoms with van der Waals surface area (Å²) in [6, 6.07) is 14.5. The summed E-state index contributed by atoms with van der Waals surface area (Å²) < 4.78 is 5.38. The minimum absolute atomic E-state index is 0.00262. The fraction of sp³-hybridized carbons (Fsp3) is 0.435. The molecule has 2 aliphatic heterocycles. The van der Waals surface area contributed by atoms with Crippen LogP contribution in [0.2, 0.25) is 0 Å². The standard InChI is InChI=1S/C23H26N2O3/c1-28-17-4-2-3-15(11-17)16-7-8-20-19(12-16)22-18(21(13-26)24-20)9-10-25(22)23(27)14-5-6-14/h2-4,7-8,11-12,14,18,21-22,24,26H,5-6,9-10,13H2,1H3/t18-,21-,22-/m0/s1. The van der Waals surface area contributed by atoms with Crippen LogP contribution in [0.4, 0.5) is 5.69 Å². The molecule has 0 radical (unpaired) electrons. The first-order valence-corrected chi connectivity index (χ1v) is 10.2. The zero-order valence-corrected chi connectivity index (χ0v) is 16.1. The molecule has 1 amide bonds. The molecule has 0 unspecified atom stereocenters. The Morgan fingerprint density at radius 1 is 1.18 bits per heavy atom. The molecule has 2 aromatic rings. The van der Waals surface area contributed by atoms with Crippen molar-refractivity contribution in [1.82, 2.24) is 4.90 Å². The van der Waals surface area contributed by atoms with Gasteiger partial charge in [-0.2, -0.15) is 0 Å². The number of ether oxygens (including phenoxy) is 1. The molecule has 2 aromatic carbocycles. The first-order chi connectivity index (χ1) is 13.7. The van der Waals surface area contributed by atoms with Gasteiger partial charge < -0.3 is 20.1 Å². The largest absolute Gasteiger partial charge is 0.497 e. The summed E-state index contributed by atoms with van der Waals surface area (Å²) in [5.74, 6) is 1.59. The van der Waals surface area contributed by atoms with E-state index in [1.165, 1.54) is 5.56 Å². The summed E-state index contributed by atoms with van der Waals surface area (Å²) >= 11 is 0. The summed E-state index contributed by atoms with van der Waals surface area (Å²) in [5, 5.41) is 13.4. The smallest absolute Gasteiger partial charge is 0.226 e. The molecule has 3 aliphatic rings. The summed E-state index contributed by atoms with van der Waals surface area (Å²) in [6.07, 6.45) is 2.97. The van der Waals surface area contributed by atoms with E-state index in [0.717, 1.165) is 48.4 Å². The van der Waals surface area contributed by atoms with E-state index in [1.54, 1.807) is 7.11 Å². The van der Waals surface area contributed by atoms with Crippen molar-refractivity contribution in [3.05, 3.63) is 48.0 Å². The second kappa shape index (κ2) is 6.82. The predicted octanol–water partition coefficient (Wildman–Crippen LogP) is 3.45. The van der Waals surface area contributed by atoms with E-state index in [9.17, 15) is 9.90 Å². The lowest BCUT2D eigenvalue weighted by Gasteiger charge is -2.39. The lowest BCUT2D eigenvalue weighted by Crippen LogP contribution is -2.43. The maximum atomic E-state index is 12.9. The number of hydrogen-bond donors (Lipinski definition) is 2. The van der Waals surface area contributed by atoms with Crippen LogP contribution in [0.25, 0.3) is 11.1 Å². The lowest BCUT2D eigenvalue weighted by molar-refractivity contribution is -0.134. The number of carbonyl (C=O) groups excluding carboxylic acids is 1. The zero-order chi connectivity index (χ0) is 19.3. The lowest BCUT2D eigenvalue weighted by atomic mass is 9.82. The SMILES string of the molecule is COc1cccc(-c2ccc3c(c2)[C@@H]2[C@@H](CCN2C(=O)C2CC2)[C@H](CO)N3)c1. The molecule has 0 spiro atoms. The van der Waals surface area contributed by atoms with Gasteiger partial charge in [0.2, 0.25) is 5.91 Å². The van der Waals surface area contributed by atoms with Gasteiger partial charge in [-0.15, -0.1) is 0 Å². The first kappa shape index (κ1) is 17.6. The minimum atomic E-state index is -0.00262. The van der Waals surface area contributed by atoms with Crippen molar-refractivity contribution in [1.29, 1.82) is 0 Å². The van der Waals surface area contributed by atoms with Gasteiger partial charge in [0, 0.05) is 24.1 Å². The van der Waals surface area contributed by atoms with Crippen molar-refractivity contribution in [2.45, 2.75) is 31.3 Å². The van der Waals surface area contributed by atoms with Gasteiger partial charge in [0.15, 0.2) is 0 Å². The van der Waals surface area contributed by atoms with Crippen molar-refractivity contribution in [3.8, 4) is 16.9 Å². The predicted molar refractivity (Wildman–Crippen MR) is 108 cm³/mol. The summed E-state index contributed by atoms with van der Waals surface area (Å²) in [4.78, 5) is 15.0. The van der Waals surface area contributed by atoms with Gasteiger partial charge in [-0.05, 0) is 60.2 Å². The summed E-state index contributed by atoms with van der Waals surface area (Å²) in [5.41, 5.74) is 4.41. The molecule has 0 bridgehead atoms. The monoisotopic (exact) mass is 378 g/mol. The van der Waals surface area contributed by atoms with Crippen LogP contribution >= 0.6 is 0 Å². The highest BCUT2D eigenvalue weighted by Crippen LogP contribution is 2.49. The number of aliphatic hydroxyl groups is 1. The van der Waals surface area contributed by atoms with Gasteiger partial charge in [-0.1, -0.05) is 18.2 Å². The number of fused-ring (bicyclic) bond motifs is 3. The van der Waals surface area contributed by atoms with E-state index in [0.29, 0.717) is 5.91 Å². The Morgan fingerprint density at radius 2 is 2.00 bits per heavy atom. The van der Waals surface area contributed by atoms with Crippen LogP contribution in [-0.2, 0) is 4.79 Å². The minimum Gasteiger partial charge on any atom is -0.497 e. The van der Waals surface area contributed by atoms with Crippen LogP contribution in [0.3, 0.4) is 0 Å². The molecule has 1 saturated carbocycles. The van der Waals surface area contributed by atoms with E-state index in [4.69, 9.17) is 4.74 Å². The summed E-state index contributed by atoms with van der Waals surface area (Å²) in [7, 11) is 1.68. The molecule has 2 fully saturated rings. The van der Waals surface area contributed by atoms with E-state index in [2.05, 4.69) is 34.5 Å². The van der Waals surface area contributed by atoms with Crippen LogP contribution < -0.4 is 10.1 Å². The van der Waals surface area contributed by atoms with Crippen molar-refractivity contribution < 1.29 is 14.6 Å². The van der Waals surface area contributed by atoms with Crippen LogP contribution in [0.5, 0.6) is 5.75 Å². The first-order valence-electron chi connectivity index (χ1n) is 10.2. The Morgan fingerprint density at radius 3 is 2.75 bits per heavy atom. The Kier molecular flexibility index (Phi) is 4.27. The molecule has 3 atom stereocenters. The highest BCUT2D eigenvalue weighted by Gasteiger charge is 2.48. The molecule has 2 heterocycles. The molecule has 1 saturated heterocycles. The molecule has 5 rings (SSSR count). The molecular formula is C23H26N2O3. The number of nitrogens with one attached hydrogen (secondary N) is 1. The number of amides is 1. The number of likely N-dealkylation sites (tertiary alicyclic amines) is 1. The molecule has 2 N–H and O–H groups in total. The molecular weight excluding hydrogens is 352 g/mol. The quantitative estimate of drug-likeness (QED) is 0.856. The van der Waals surface area contributed by atoms with Crippen molar-refractivity contribution in [3.63, 3.8) is 0 Å². The molecule has 0 aromatic heterocycles. The zero-order valence-electron chi connectivity index (χ0n) is 16.1. The third kappa shape index (κ3) is 2.85. The topological polar surface area (TPSA) is 61.8 Å². The van der Waals surface area contributed by atoms with Gasteiger partial charge in [-0.25, -0.2) is 0 Å². The van der Waals surface area contributed by atoms with E-state index in [1.807, 2.05) is 18.2 Å². The van der Waals surface area contributed by atoms with E-state index < -0.39 is 0 Å². The van der Waals surface area contributed by atoms with Crippen LogP contribution in [0.15, 0.2) is 42.5 Å². The van der Waals surface area contributed by atoms with Gasteiger partial charge in [0.1, 0.15) is 5.75 Å². The third-order valence-corrected chi connectivity index (χ3v) is 6.48. The molecule has 5 nitrogen and oxygen atoms in total. The Balaban J connectivity index is 1.57. The fourth-order valence-corrected chi connectivity index (χ4v) is 4.86. The van der Waals surface area contributed by atoms with Gasteiger partial charge in [0.25, 0.3) is 0 Å². The highest BCUT2D eigenvalue weighted by atomic mass is 16.5. The van der Waals surface area contributed by atoms with E-state index >= 15 is 0 Å². The Bertz CT molecular complexity index is 908. The second-order valence-corrected chi connectivity index (χ2v) is 8.17. The normalized spacial score (nSPS) is 25.6. The number of nitrogens with zero attached hydrogens (tertiary/aromatic N) is 1. The number of hydrogen-bond acceptors (Lipinski definition) is 4. The number of methoxy groups -OCH3 is 1. The van der Waals surface area contributed by atoms with Crippen molar-refractivity contribution >= 4 is 11.6 Å². The van der Waals surface area contributed by atoms with Crippen molar-refractivity contribution in [2.24, 2.45) is 11.8 Å². The van der Waals surface area contributed by atoms with Crippen LogP contribution in [-0.4, -0.2) is 42.2 Å². The van der Waals surface area contributed by atoms with Gasteiger partial charge in [0.05, 0.1) is 25.8 Å². The molecule has 1 aliphatic carbocycles. The average Bonchev–Trinajstić information content (AvgIpc) is 3.50. The summed E-state index contributed by atoms with van der Waals surface area (Å²) in [6.45, 7) is 0.870. The Labute approximate surface area is 165 Å². The number of carbonyl (C=O) groups is 1. The van der Waals surface area contributed by atoms with Crippen LogP contribution in [0, 0.1) is 11.8 Å². The second-order valence-electron chi connectivity index (χ2n) is 8.17. The number of rotatable bonds is 4. The molecule has 5 heteroatoms. The van der Waals surface area contributed by atoms with Gasteiger partial charge in [-0.3, -0.25) is 4.79 Å². The third-order valence-electron chi connectivity index (χ3n) is 6.48. The maximum Gasteiger partial charge on any atom is 0.226 e. The fourth-order valence-electron chi connectivity index (χ4n) is 4.86. The average molecular weight is 378 g/mol. The number of aliphatic hydroxyl groups excluding tert-OH is 1. The Hall–Kier alpha value is -2.53. The molecule has 28 heavy (non-hydrogen) atoms. The highest BCUT2D eigenvalue weighted by molar-refractivity contribution is 5.83. The number of anilines is 1. The van der Waals surface area contributed by atoms with Crippen molar-refractivity contribution in [2.75, 3.05) is 25.6 Å². The van der Waals surface area contributed by atoms with E-state index in [-0.39, 0.29) is 30.5 Å². The van der Waals surface area contributed by atoms with Crippen LogP contribution in [0.1, 0.15) is 30.9 Å².